The number of esters is 1. The zero-order chi connectivity index (χ0) is 26.5. The van der Waals surface area contributed by atoms with Gasteiger partial charge in [0.05, 0.1) is 28.4 Å². The lowest BCUT2D eigenvalue weighted by Gasteiger charge is -2.23. The molecular weight excluding hydrogens is 486 g/mol. The van der Waals surface area contributed by atoms with Gasteiger partial charge in [-0.05, 0) is 43.7 Å². The molecule has 1 unspecified atom stereocenters. The smallest absolute Gasteiger partial charge is 0.341 e. The molecule has 1 aromatic carbocycles. The number of fused-ring (bicyclic) bond motifs is 1. The molecule has 0 bridgehead atoms. The number of aliphatic imine (C=N–C) groups is 1. The van der Waals surface area contributed by atoms with E-state index in [4.69, 9.17) is 4.74 Å². The predicted molar refractivity (Wildman–Crippen MR) is 142 cm³/mol. The van der Waals surface area contributed by atoms with Crippen LogP contribution in [0, 0.1) is 10.1 Å². The second kappa shape index (κ2) is 10.5. The minimum Gasteiger partial charge on any atom is -0.462 e. The average Bonchev–Trinajstić information content (AvgIpc) is 3.43. The van der Waals surface area contributed by atoms with E-state index < -0.39 is 16.4 Å². The number of nitro groups is 1. The standard InChI is InChI=1S/C27H23N7O4/c1-2-38-25(35)21-17-31-26(33-24(21)19-14-18-6-3-4-7-22(18)29-15-19)28-13-11-27(10-5-12-32-27)23-9-8-20(16-30-23)34(36)37/h3-10,12,14-17H,2,11,13H2,1H3,(H,28,31,33). The lowest BCUT2D eigenvalue weighted by molar-refractivity contribution is -0.385. The molecule has 4 heterocycles. The molecule has 0 radical (unpaired) electrons. The fourth-order valence-electron chi connectivity index (χ4n) is 4.21. The first-order valence-corrected chi connectivity index (χ1v) is 12.0. The number of nitrogens with zero attached hydrogens (tertiary/aromatic N) is 6. The van der Waals surface area contributed by atoms with Crippen LogP contribution in [-0.4, -0.2) is 50.2 Å². The Morgan fingerprint density at radius 3 is 2.71 bits per heavy atom. The van der Waals surface area contributed by atoms with E-state index in [1.807, 2.05) is 42.5 Å². The van der Waals surface area contributed by atoms with Gasteiger partial charge in [0.25, 0.3) is 5.69 Å². The second-order valence-corrected chi connectivity index (χ2v) is 8.49. The Hall–Kier alpha value is -5.06. The highest BCUT2D eigenvalue weighted by Crippen LogP contribution is 2.33. The maximum absolute atomic E-state index is 12.7. The van der Waals surface area contributed by atoms with Gasteiger partial charge in [0.1, 0.15) is 17.3 Å². The third-order valence-electron chi connectivity index (χ3n) is 6.10. The Morgan fingerprint density at radius 2 is 1.97 bits per heavy atom. The van der Waals surface area contributed by atoms with Crippen molar-refractivity contribution in [3.63, 3.8) is 0 Å². The van der Waals surface area contributed by atoms with Crippen molar-refractivity contribution in [2.75, 3.05) is 18.5 Å². The minimum atomic E-state index is -0.766. The Labute approximate surface area is 217 Å². The van der Waals surface area contributed by atoms with Crippen LogP contribution >= 0.6 is 0 Å². The van der Waals surface area contributed by atoms with Crippen LogP contribution < -0.4 is 5.32 Å². The van der Waals surface area contributed by atoms with Crippen LogP contribution in [0.4, 0.5) is 11.6 Å². The SMILES string of the molecule is CCOC(=O)c1cnc(NCCC2(c3ccc([N+](=O)[O-])cn3)C=CC=N2)nc1-c1cnc2ccccc2c1. The van der Waals surface area contributed by atoms with Crippen molar-refractivity contribution in [2.45, 2.75) is 18.9 Å². The number of hydrogen-bond donors (Lipinski definition) is 1. The number of hydrogen-bond acceptors (Lipinski definition) is 10. The largest absolute Gasteiger partial charge is 0.462 e. The molecule has 4 aromatic rings. The molecule has 11 nitrogen and oxygen atoms in total. The van der Waals surface area contributed by atoms with Crippen LogP contribution in [0.25, 0.3) is 22.2 Å². The van der Waals surface area contributed by atoms with Gasteiger partial charge in [-0.2, -0.15) is 0 Å². The molecular formula is C27H23N7O4. The number of anilines is 1. The van der Waals surface area contributed by atoms with Gasteiger partial charge >= 0.3 is 5.97 Å². The van der Waals surface area contributed by atoms with Crippen LogP contribution in [0.3, 0.4) is 0 Å². The van der Waals surface area contributed by atoms with Crippen LogP contribution in [-0.2, 0) is 10.3 Å². The molecule has 38 heavy (non-hydrogen) atoms. The maximum Gasteiger partial charge on any atom is 0.341 e. The van der Waals surface area contributed by atoms with Crippen LogP contribution in [0.5, 0.6) is 0 Å². The first kappa shape index (κ1) is 24.6. The Balaban J connectivity index is 1.40. The lowest BCUT2D eigenvalue weighted by atomic mass is 9.92. The number of pyridine rings is 2. The van der Waals surface area contributed by atoms with Gasteiger partial charge in [0.2, 0.25) is 5.95 Å². The third kappa shape index (κ3) is 4.94. The molecule has 1 aliphatic heterocycles. The molecule has 1 atom stereocenters. The summed E-state index contributed by atoms with van der Waals surface area (Å²) < 4.78 is 5.22. The van der Waals surface area contributed by atoms with E-state index in [1.165, 1.54) is 18.5 Å². The quantitative estimate of drug-likeness (QED) is 0.196. The molecule has 3 aromatic heterocycles. The van der Waals surface area contributed by atoms with Gasteiger partial charge in [-0.25, -0.2) is 14.8 Å². The number of para-hydroxylation sites is 1. The number of benzene rings is 1. The van der Waals surface area contributed by atoms with Gasteiger partial charge in [0.15, 0.2) is 0 Å². The molecule has 190 valence electrons. The highest BCUT2D eigenvalue weighted by atomic mass is 16.6. The summed E-state index contributed by atoms with van der Waals surface area (Å²) in [6.07, 6.45) is 10.2. The summed E-state index contributed by atoms with van der Waals surface area (Å²) in [4.78, 5) is 45.5. The molecule has 1 N–H and O–H groups in total. The van der Waals surface area contributed by atoms with E-state index in [1.54, 1.807) is 25.4 Å². The van der Waals surface area contributed by atoms with E-state index in [-0.39, 0.29) is 17.9 Å². The molecule has 0 saturated heterocycles. The number of allylic oxidation sites excluding steroid dienone is 1. The Bertz CT molecular complexity index is 1560. The molecule has 11 heteroatoms. The van der Waals surface area contributed by atoms with Crippen LogP contribution in [0.1, 0.15) is 29.4 Å². The van der Waals surface area contributed by atoms with Gasteiger partial charge in [-0.15, -0.1) is 0 Å². The molecule has 0 spiro atoms. The van der Waals surface area contributed by atoms with E-state index in [2.05, 4.69) is 30.2 Å². The van der Waals surface area contributed by atoms with Gasteiger partial charge in [0, 0.05) is 42.2 Å². The van der Waals surface area contributed by atoms with Gasteiger partial charge in [-0.1, -0.05) is 18.2 Å². The highest BCUT2D eigenvalue weighted by molar-refractivity contribution is 5.97. The molecule has 0 fully saturated rings. The molecule has 0 amide bonds. The maximum atomic E-state index is 12.7. The number of ether oxygens (including phenoxy) is 1. The van der Waals surface area contributed by atoms with E-state index >= 15 is 0 Å². The van der Waals surface area contributed by atoms with Crippen molar-refractivity contribution in [3.8, 4) is 11.3 Å². The number of carbonyl (C=O) groups is 1. The summed E-state index contributed by atoms with van der Waals surface area (Å²) in [6, 6.07) is 12.6. The summed E-state index contributed by atoms with van der Waals surface area (Å²) in [5, 5.41) is 15.1. The third-order valence-corrected chi connectivity index (χ3v) is 6.10. The van der Waals surface area contributed by atoms with Crippen molar-refractivity contribution in [1.82, 2.24) is 19.9 Å². The van der Waals surface area contributed by atoms with Crippen LogP contribution in [0.2, 0.25) is 0 Å². The zero-order valence-electron chi connectivity index (χ0n) is 20.4. The van der Waals surface area contributed by atoms with E-state index in [0.29, 0.717) is 35.9 Å². The number of nitrogens with one attached hydrogen (secondary N) is 1. The average molecular weight is 510 g/mol. The highest BCUT2D eigenvalue weighted by Gasteiger charge is 2.32. The Morgan fingerprint density at radius 1 is 1.11 bits per heavy atom. The first-order chi connectivity index (χ1) is 18.5. The minimum absolute atomic E-state index is 0.0845. The monoisotopic (exact) mass is 509 g/mol. The Kier molecular flexibility index (Phi) is 6.81. The topological polar surface area (TPSA) is 145 Å². The van der Waals surface area contributed by atoms with E-state index in [9.17, 15) is 14.9 Å². The zero-order valence-corrected chi connectivity index (χ0v) is 20.4. The number of carbonyl (C=O) groups excluding carboxylic acids is 1. The normalized spacial score (nSPS) is 16.0. The van der Waals surface area contributed by atoms with E-state index in [0.717, 1.165) is 10.9 Å². The number of aromatic nitrogens is 4. The summed E-state index contributed by atoms with van der Waals surface area (Å²) in [5.41, 5.74) is 1.88. The molecule has 0 saturated carbocycles. The van der Waals surface area contributed by atoms with Gasteiger partial charge < -0.3 is 10.1 Å². The molecule has 1 aliphatic rings. The summed E-state index contributed by atoms with van der Waals surface area (Å²) in [7, 11) is 0. The van der Waals surface area contributed by atoms with Crippen LogP contribution in [0.15, 0.2) is 78.2 Å². The van der Waals surface area contributed by atoms with Crippen molar-refractivity contribution >= 4 is 34.7 Å². The van der Waals surface area contributed by atoms with Crippen molar-refractivity contribution in [3.05, 3.63) is 94.6 Å². The predicted octanol–water partition coefficient (Wildman–Crippen LogP) is 4.51. The van der Waals surface area contributed by atoms with Gasteiger partial charge in [-0.3, -0.25) is 25.1 Å². The first-order valence-electron chi connectivity index (χ1n) is 12.0. The second-order valence-electron chi connectivity index (χ2n) is 8.49. The summed E-state index contributed by atoms with van der Waals surface area (Å²) in [5.74, 6) is -0.199. The molecule has 0 aliphatic carbocycles. The number of rotatable bonds is 9. The summed E-state index contributed by atoms with van der Waals surface area (Å²) in [6.45, 7) is 2.37. The fourth-order valence-corrected chi connectivity index (χ4v) is 4.21. The fraction of sp³-hybridized carbons (Fsp3) is 0.185. The van der Waals surface area contributed by atoms with Crippen molar-refractivity contribution in [1.29, 1.82) is 0 Å². The lowest BCUT2D eigenvalue weighted by Crippen LogP contribution is -2.25. The molecule has 5 rings (SSSR count). The summed E-state index contributed by atoms with van der Waals surface area (Å²) >= 11 is 0. The van der Waals surface area contributed by atoms with Crippen molar-refractivity contribution < 1.29 is 14.5 Å². The van der Waals surface area contributed by atoms with Crippen molar-refractivity contribution in [2.24, 2.45) is 4.99 Å².